The van der Waals surface area contributed by atoms with Crippen molar-refractivity contribution >= 4 is 11.0 Å². The Morgan fingerprint density at radius 3 is 2.52 bits per heavy atom. The van der Waals surface area contributed by atoms with Crippen LogP contribution in [0.2, 0.25) is 0 Å². The SMILES string of the molecule is COc1c(C(O)CC(OC)c2ccccc2)ccc2occc12. The second kappa shape index (κ2) is 6.86. The summed E-state index contributed by atoms with van der Waals surface area (Å²) in [4.78, 5) is 0. The lowest BCUT2D eigenvalue weighted by Crippen LogP contribution is -2.09. The number of aliphatic hydroxyl groups excluding tert-OH is 1. The summed E-state index contributed by atoms with van der Waals surface area (Å²) in [5.74, 6) is 0.645. The number of aliphatic hydroxyl groups is 1. The molecule has 0 amide bonds. The summed E-state index contributed by atoms with van der Waals surface area (Å²) >= 11 is 0. The Kier molecular flexibility index (Phi) is 4.65. The number of hydrogen-bond acceptors (Lipinski definition) is 4. The summed E-state index contributed by atoms with van der Waals surface area (Å²) in [6.45, 7) is 0. The zero-order valence-electron chi connectivity index (χ0n) is 13.2. The Morgan fingerprint density at radius 2 is 1.83 bits per heavy atom. The fourth-order valence-electron chi connectivity index (χ4n) is 2.89. The van der Waals surface area contributed by atoms with Crippen LogP contribution in [0, 0.1) is 0 Å². The molecule has 3 rings (SSSR count). The first-order valence-electron chi connectivity index (χ1n) is 7.54. The Balaban J connectivity index is 1.89. The maximum Gasteiger partial charge on any atom is 0.137 e. The van der Waals surface area contributed by atoms with Crippen LogP contribution in [0.3, 0.4) is 0 Å². The molecule has 0 saturated carbocycles. The predicted octanol–water partition coefficient (Wildman–Crippen LogP) is 4.25. The van der Waals surface area contributed by atoms with E-state index in [1.807, 2.05) is 48.5 Å². The molecule has 2 aromatic carbocycles. The first-order chi connectivity index (χ1) is 11.2. The lowest BCUT2D eigenvalue weighted by Gasteiger charge is -2.21. The van der Waals surface area contributed by atoms with Gasteiger partial charge in [0.2, 0.25) is 0 Å². The summed E-state index contributed by atoms with van der Waals surface area (Å²) < 4.78 is 16.4. The topological polar surface area (TPSA) is 51.8 Å². The van der Waals surface area contributed by atoms with Gasteiger partial charge in [0.05, 0.1) is 31.0 Å². The van der Waals surface area contributed by atoms with Crippen LogP contribution in [0.1, 0.15) is 29.8 Å². The maximum atomic E-state index is 10.7. The van der Waals surface area contributed by atoms with Crippen molar-refractivity contribution in [2.45, 2.75) is 18.6 Å². The van der Waals surface area contributed by atoms with Gasteiger partial charge >= 0.3 is 0 Å². The molecule has 0 spiro atoms. The van der Waals surface area contributed by atoms with E-state index in [0.29, 0.717) is 12.2 Å². The molecule has 4 heteroatoms. The maximum absolute atomic E-state index is 10.7. The molecule has 1 N–H and O–H groups in total. The second-order valence-corrected chi connectivity index (χ2v) is 5.41. The monoisotopic (exact) mass is 312 g/mol. The van der Waals surface area contributed by atoms with Crippen molar-refractivity contribution in [2.75, 3.05) is 14.2 Å². The van der Waals surface area contributed by atoms with Gasteiger partial charge in [0.15, 0.2) is 0 Å². The fourth-order valence-corrected chi connectivity index (χ4v) is 2.89. The third-order valence-electron chi connectivity index (χ3n) is 4.07. The van der Waals surface area contributed by atoms with E-state index in [0.717, 1.165) is 22.1 Å². The van der Waals surface area contributed by atoms with Crippen LogP contribution < -0.4 is 4.74 Å². The molecule has 23 heavy (non-hydrogen) atoms. The Hall–Kier alpha value is -2.30. The Morgan fingerprint density at radius 1 is 1.04 bits per heavy atom. The van der Waals surface area contributed by atoms with Crippen molar-refractivity contribution < 1.29 is 19.0 Å². The van der Waals surface area contributed by atoms with Gasteiger partial charge < -0.3 is 19.0 Å². The molecule has 0 fully saturated rings. The van der Waals surface area contributed by atoms with E-state index >= 15 is 0 Å². The average Bonchev–Trinajstić information content (AvgIpc) is 3.08. The van der Waals surface area contributed by atoms with Crippen molar-refractivity contribution in [3.63, 3.8) is 0 Å². The molecule has 0 radical (unpaired) electrons. The number of fused-ring (bicyclic) bond motifs is 1. The lowest BCUT2D eigenvalue weighted by molar-refractivity contribution is 0.0432. The van der Waals surface area contributed by atoms with Crippen molar-refractivity contribution in [3.05, 3.63) is 65.9 Å². The highest BCUT2D eigenvalue weighted by Gasteiger charge is 2.22. The summed E-state index contributed by atoms with van der Waals surface area (Å²) in [6.07, 6.45) is 1.18. The van der Waals surface area contributed by atoms with E-state index in [4.69, 9.17) is 13.9 Å². The number of hydrogen-bond donors (Lipinski definition) is 1. The average molecular weight is 312 g/mol. The van der Waals surface area contributed by atoms with Crippen LogP contribution >= 0.6 is 0 Å². The summed E-state index contributed by atoms with van der Waals surface area (Å²) in [5, 5.41) is 11.6. The minimum absolute atomic E-state index is 0.184. The van der Waals surface area contributed by atoms with Gasteiger partial charge in [-0.3, -0.25) is 0 Å². The molecule has 2 unspecified atom stereocenters. The molecule has 0 aliphatic carbocycles. The van der Waals surface area contributed by atoms with Crippen LogP contribution in [0.5, 0.6) is 5.75 Å². The largest absolute Gasteiger partial charge is 0.496 e. The van der Waals surface area contributed by atoms with Crippen LogP contribution in [0.4, 0.5) is 0 Å². The summed E-state index contributed by atoms with van der Waals surface area (Å²) in [5.41, 5.74) is 2.51. The van der Waals surface area contributed by atoms with E-state index in [1.54, 1.807) is 20.5 Å². The van der Waals surface area contributed by atoms with E-state index in [1.165, 1.54) is 0 Å². The van der Waals surface area contributed by atoms with Crippen LogP contribution in [-0.4, -0.2) is 19.3 Å². The molecule has 120 valence electrons. The number of rotatable bonds is 6. The highest BCUT2D eigenvalue weighted by molar-refractivity contribution is 5.85. The zero-order chi connectivity index (χ0) is 16.2. The standard InChI is InChI=1S/C19H20O4/c1-21-18(13-6-4-3-5-7-13)12-16(20)14-8-9-17-15(10-11-23-17)19(14)22-2/h3-11,16,18,20H,12H2,1-2H3. The van der Waals surface area contributed by atoms with Gasteiger partial charge in [-0.05, 0) is 23.8 Å². The molecule has 2 atom stereocenters. The number of methoxy groups -OCH3 is 2. The lowest BCUT2D eigenvalue weighted by atomic mass is 9.97. The van der Waals surface area contributed by atoms with Gasteiger partial charge in [0, 0.05) is 19.1 Å². The van der Waals surface area contributed by atoms with Crippen molar-refractivity contribution in [1.82, 2.24) is 0 Å². The molecule has 1 aromatic heterocycles. The number of benzene rings is 2. The van der Waals surface area contributed by atoms with E-state index in [2.05, 4.69) is 0 Å². The third-order valence-corrected chi connectivity index (χ3v) is 4.07. The molecule has 3 aromatic rings. The van der Waals surface area contributed by atoms with Crippen LogP contribution in [-0.2, 0) is 4.74 Å². The number of ether oxygens (including phenoxy) is 2. The van der Waals surface area contributed by atoms with Crippen LogP contribution in [0.25, 0.3) is 11.0 Å². The second-order valence-electron chi connectivity index (χ2n) is 5.41. The molecule has 0 aliphatic heterocycles. The van der Waals surface area contributed by atoms with Crippen molar-refractivity contribution in [2.24, 2.45) is 0 Å². The van der Waals surface area contributed by atoms with E-state index < -0.39 is 6.10 Å². The molecule has 0 aliphatic rings. The van der Waals surface area contributed by atoms with E-state index in [-0.39, 0.29) is 6.10 Å². The normalized spacial score (nSPS) is 13.9. The van der Waals surface area contributed by atoms with Gasteiger partial charge in [-0.1, -0.05) is 30.3 Å². The van der Waals surface area contributed by atoms with Gasteiger partial charge in [-0.2, -0.15) is 0 Å². The minimum Gasteiger partial charge on any atom is -0.496 e. The minimum atomic E-state index is -0.700. The summed E-state index contributed by atoms with van der Waals surface area (Å²) in [6, 6.07) is 15.4. The molecular weight excluding hydrogens is 292 g/mol. The fraction of sp³-hybridized carbons (Fsp3) is 0.263. The van der Waals surface area contributed by atoms with Crippen molar-refractivity contribution in [1.29, 1.82) is 0 Å². The van der Waals surface area contributed by atoms with Crippen molar-refractivity contribution in [3.8, 4) is 5.75 Å². The van der Waals surface area contributed by atoms with Gasteiger partial charge in [-0.25, -0.2) is 0 Å². The molecule has 0 saturated heterocycles. The van der Waals surface area contributed by atoms with Gasteiger partial charge in [0.1, 0.15) is 11.3 Å². The summed E-state index contributed by atoms with van der Waals surface area (Å²) in [7, 11) is 3.25. The first kappa shape index (κ1) is 15.6. The first-order valence-corrected chi connectivity index (χ1v) is 7.54. The van der Waals surface area contributed by atoms with E-state index in [9.17, 15) is 5.11 Å². The third kappa shape index (κ3) is 3.09. The Bertz CT molecular complexity index is 763. The molecule has 0 bridgehead atoms. The van der Waals surface area contributed by atoms with Gasteiger partial charge in [0.25, 0.3) is 0 Å². The molecule has 4 nitrogen and oxygen atoms in total. The highest BCUT2D eigenvalue weighted by Crippen LogP contribution is 2.37. The molecular formula is C19H20O4. The van der Waals surface area contributed by atoms with Gasteiger partial charge in [-0.15, -0.1) is 0 Å². The smallest absolute Gasteiger partial charge is 0.137 e. The highest BCUT2D eigenvalue weighted by atomic mass is 16.5. The predicted molar refractivity (Wildman–Crippen MR) is 88.5 cm³/mol. The molecule has 1 heterocycles. The van der Waals surface area contributed by atoms with Crippen LogP contribution in [0.15, 0.2) is 59.2 Å². The Labute approximate surface area is 135 Å². The number of furan rings is 1. The quantitative estimate of drug-likeness (QED) is 0.739. The zero-order valence-corrected chi connectivity index (χ0v) is 13.2.